The molecule has 12 nitrogen and oxygen atoms in total. The highest BCUT2D eigenvalue weighted by molar-refractivity contribution is 5.76. The number of hydrogen-bond acceptors (Lipinski definition) is 12. The van der Waals surface area contributed by atoms with Crippen molar-refractivity contribution in [3.8, 4) is 11.5 Å². The van der Waals surface area contributed by atoms with Crippen LogP contribution in [0.2, 0.25) is 0 Å². The predicted molar refractivity (Wildman–Crippen MR) is 144 cm³/mol. The highest BCUT2D eigenvalue weighted by atomic mass is 16.8. The summed E-state index contributed by atoms with van der Waals surface area (Å²) in [6, 6.07) is 3.26. The molecule has 0 spiro atoms. The molecule has 0 radical (unpaired) electrons. The maximum absolute atomic E-state index is 12.4. The summed E-state index contributed by atoms with van der Waals surface area (Å²) >= 11 is 0. The summed E-state index contributed by atoms with van der Waals surface area (Å²) in [6.07, 6.45) is -2.29. The van der Waals surface area contributed by atoms with Gasteiger partial charge in [-0.1, -0.05) is 46.6 Å². The SMILES string of the molecule is CCC(C)COC(=O)Oc1ccc(C[C@H](N)C(=O)OC[C@H](C)OC(=O)OC(C)C)cc1OC(=O)OCC(C)CC. The van der Waals surface area contributed by atoms with Gasteiger partial charge in [-0.05, 0) is 56.7 Å². The van der Waals surface area contributed by atoms with Gasteiger partial charge >= 0.3 is 24.4 Å². The molecule has 0 bridgehead atoms. The van der Waals surface area contributed by atoms with Crippen LogP contribution in [0.25, 0.3) is 0 Å². The maximum atomic E-state index is 12.4. The van der Waals surface area contributed by atoms with Gasteiger partial charge in [0.2, 0.25) is 0 Å². The van der Waals surface area contributed by atoms with Gasteiger partial charge in [-0.2, -0.15) is 0 Å². The number of hydrogen-bond donors (Lipinski definition) is 1. The Kier molecular flexibility index (Phi) is 15.5. The van der Waals surface area contributed by atoms with Crippen LogP contribution in [0.1, 0.15) is 66.9 Å². The maximum Gasteiger partial charge on any atom is 0.513 e. The van der Waals surface area contributed by atoms with Gasteiger partial charge in [0.05, 0.1) is 19.3 Å². The Morgan fingerprint density at radius 2 is 1.27 bits per heavy atom. The van der Waals surface area contributed by atoms with Crippen LogP contribution in [-0.2, 0) is 34.9 Å². The van der Waals surface area contributed by atoms with E-state index in [1.807, 2.05) is 27.7 Å². The van der Waals surface area contributed by atoms with Crippen LogP contribution < -0.4 is 15.2 Å². The third-order valence-corrected chi connectivity index (χ3v) is 5.61. The first-order valence-electron chi connectivity index (χ1n) is 13.5. The Labute approximate surface area is 235 Å². The van der Waals surface area contributed by atoms with Crippen LogP contribution in [0.4, 0.5) is 14.4 Å². The quantitative estimate of drug-likeness (QED) is 0.168. The standard InChI is InChI=1S/C28H43NO11/c1-8-18(5)14-35-26(31)39-23-11-10-21(13-24(23)40-27(32)36-15-19(6)9-2)12-22(29)25(30)34-16-20(7)38-28(33)37-17(3)4/h10-11,13,17-20,22H,8-9,12,14-16,29H2,1-7H3/t18?,19?,20-,22-/m0/s1. The molecular formula is C28H43NO11. The molecule has 0 aliphatic carbocycles. The van der Waals surface area contributed by atoms with Crippen LogP contribution >= 0.6 is 0 Å². The molecule has 0 fully saturated rings. The summed E-state index contributed by atoms with van der Waals surface area (Å²) in [6.45, 7) is 12.8. The minimum absolute atomic E-state index is 0.000476. The number of carbonyl (C=O) groups is 4. The highest BCUT2D eigenvalue weighted by Crippen LogP contribution is 2.30. The van der Waals surface area contributed by atoms with Crippen molar-refractivity contribution in [2.24, 2.45) is 17.6 Å². The first-order valence-corrected chi connectivity index (χ1v) is 13.5. The van der Waals surface area contributed by atoms with Gasteiger partial charge in [0, 0.05) is 0 Å². The summed E-state index contributed by atoms with van der Waals surface area (Å²) in [5, 5.41) is 0. The first-order chi connectivity index (χ1) is 18.8. The molecule has 0 heterocycles. The van der Waals surface area contributed by atoms with E-state index in [0.29, 0.717) is 5.56 Å². The number of carbonyl (C=O) groups excluding carboxylic acids is 4. The Hall–Kier alpha value is -3.54. The van der Waals surface area contributed by atoms with Crippen LogP contribution in [0, 0.1) is 11.8 Å². The predicted octanol–water partition coefficient (Wildman–Crippen LogP) is 5.17. The van der Waals surface area contributed by atoms with Crippen LogP contribution in [0.3, 0.4) is 0 Å². The molecule has 2 N–H and O–H groups in total. The van der Waals surface area contributed by atoms with Gasteiger partial charge < -0.3 is 38.9 Å². The van der Waals surface area contributed by atoms with E-state index in [2.05, 4.69) is 0 Å². The van der Waals surface area contributed by atoms with E-state index >= 15 is 0 Å². The molecule has 0 aliphatic rings. The van der Waals surface area contributed by atoms with E-state index in [9.17, 15) is 19.2 Å². The van der Waals surface area contributed by atoms with Crippen LogP contribution in [0.5, 0.6) is 11.5 Å². The molecule has 0 aromatic heterocycles. The van der Waals surface area contributed by atoms with Gasteiger partial charge in [0.15, 0.2) is 11.5 Å². The highest BCUT2D eigenvalue weighted by Gasteiger charge is 2.22. The lowest BCUT2D eigenvalue weighted by molar-refractivity contribution is -0.148. The fraction of sp³-hybridized carbons (Fsp3) is 0.643. The molecule has 12 heteroatoms. The van der Waals surface area contributed by atoms with Crippen molar-refractivity contribution in [2.75, 3.05) is 19.8 Å². The molecule has 0 saturated carbocycles. The van der Waals surface area contributed by atoms with Crippen molar-refractivity contribution in [1.29, 1.82) is 0 Å². The van der Waals surface area contributed by atoms with Crippen molar-refractivity contribution in [3.63, 3.8) is 0 Å². The molecule has 1 rings (SSSR count). The zero-order valence-corrected chi connectivity index (χ0v) is 24.4. The van der Waals surface area contributed by atoms with E-state index in [-0.39, 0.29) is 55.7 Å². The summed E-state index contributed by atoms with van der Waals surface area (Å²) in [4.78, 5) is 48.4. The summed E-state index contributed by atoms with van der Waals surface area (Å²) in [7, 11) is 0. The van der Waals surface area contributed by atoms with Gasteiger partial charge in [-0.25, -0.2) is 14.4 Å². The van der Waals surface area contributed by atoms with Gasteiger partial charge in [-0.3, -0.25) is 4.79 Å². The molecule has 0 saturated heterocycles. The van der Waals surface area contributed by atoms with Crippen molar-refractivity contribution >= 4 is 24.4 Å². The Balaban J connectivity index is 2.88. The van der Waals surface area contributed by atoms with Crippen molar-refractivity contribution in [2.45, 2.75) is 86.0 Å². The largest absolute Gasteiger partial charge is 0.513 e. The average molecular weight is 570 g/mol. The molecule has 1 aromatic carbocycles. The molecular weight excluding hydrogens is 526 g/mol. The van der Waals surface area contributed by atoms with E-state index in [4.69, 9.17) is 38.9 Å². The van der Waals surface area contributed by atoms with E-state index < -0.39 is 36.6 Å². The topological polar surface area (TPSA) is 159 Å². The van der Waals surface area contributed by atoms with Crippen LogP contribution in [-0.4, -0.2) is 62.5 Å². The second kappa shape index (κ2) is 17.9. The molecule has 4 atom stereocenters. The fourth-order valence-corrected chi connectivity index (χ4v) is 2.80. The smallest absolute Gasteiger partial charge is 0.461 e. The fourth-order valence-electron chi connectivity index (χ4n) is 2.80. The molecule has 2 unspecified atom stereocenters. The molecule has 40 heavy (non-hydrogen) atoms. The second-order valence-corrected chi connectivity index (χ2v) is 9.92. The number of benzene rings is 1. The van der Waals surface area contributed by atoms with Crippen LogP contribution in [0.15, 0.2) is 18.2 Å². The number of nitrogens with two attached hydrogens (primary N) is 1. The number of ether oxygens (including phenoxy) is 7. The first kappa shape index (κ1) is 34.5. The number of rotatable bonds is 15. The Morgan fingerprint density at radius 3 is 1.80 bits per heavy atom. The lowest BCUT2D eigenvalue weighted by Crippen LogP contribution is -2.36. The van der Waals surface area contributed by atoms with Gasteiger partial charge in [0.1, 0.15) is 18.8 Å². The zero-order valence-electron chi connectivity index (χ0n) is 24.4. The van der Waals surface area contributed by atoms with Gasteiger partial charge in [-0.15, -0.1) is 0 Å². The summed E-state index contributed by atoms with van der Waals surface area (Å²) in [5.74, 6) is -0.654. The van der Waals surface area contributed by atoms with Crippen molar-refractivity contribution < 1.29 is 52.3 Å². The molecule has 1 aromatic rings. The number of esters is 1. The van der Waals surface area contributed by atoms with Crippen molar-refractivity contribution in [1.82, 2.24) is 0 Å². The average Bonchev–Trinajstić information content (AvgIpc) is 2.89. The summed E-state index contributed by atoms with van der Waals surface area (Å²) in [5.41, 5.74) is 6.49. The zero-order chi connectivity index (χ0) is 30.2. The lowest BCUT2D eigenvalue weighted by atomic mass is 10.1. The second-order valence-electron chi connectivity index (χ2n) is 9.92. The molecule has 0 aliphatic heterocycles. The van der Waals surface area contributed by atoms with E-state index in [1.165, 1.54) is 19.1 Å². The molecule has 0 amide bonds. The normalized spacial score (nSPS) is 13.8. The summed E-state index contributed by atoms with van der Waals surface area (Å²) < 4.78 is 35.8. The van der Waals surface area contributed by atoms with E-state index in [1.54, 1.807) is 19.9 Å². The van der Waals surface area contributed by atoms with E-state index in [0.717, 1.165) is 12.8 Å². The third kappa shape index (κ3) is 14.0. The minimum Gasteiger partial charge on any atom is -0.461 e. The molecule has 226 valence electrons. The third-order valence-electron chi connectivity index (χ3n) is 5.61. The Bertz CT molecular complexity index is 966. The monoisotopic (exact) mass is 569 g/mol. The lowest BCUT2D eigenvalue weighted by Gasteiger charge is -2.17. The van der Waals surface area contributed by atoms with Crippen molar-refractivity contribution in [3.05, 3.63) is 23.8 Å². The minimum atomic E-state index is -1.09. The van der Waals surface area contributed by atoms with Gasteiger partial charge in [0.25, 0.3) is 0 Å². The Morgan fingerprint density at radius 1 is 0.725 bits per heavy atom.